The highest BCUT2D eigenvalue weighted by molar-refractivity contribution is 6.64. The van der Waals surface area contributed by atoms with Crippen LogP contribution in [0.3, 0.4) is 0 Å². The number of rotatable bonds is 23. The summed E-state index contributed by atoms with van der Waals surface area (Å²) in [5.41, 5.74) is -10.6. The molecule has 0 saturated heterocycles. The van der Waals surface area contributed by atoms with Gasteiger partial charge in [0.2, 0.25) is 0 Å². The first-order chi connectivity index (χ1) is 33.4. The molecule has 0 N–H and O–H groups in total. The first kappa shape index (κ1) is 76.5. The molecule has 0 fully saturated rings. The van der Waals surface area contributed by atoms with E-state index in [4.69, 9.17) is 0 Å². The van der Waals surface area contributed by atoms with Gasteiger partial charge in [-0.1, -0.05) is 0 Å². The second-order valence-corrected chi connectivity index (χ2v) is 16.5. The van der Waals surface area contributed by atoms with Crippen molar-refractivity contribution in [3.63, 3.8) is 0 Å². The van der Waals surface area contributed by atoms with E-state index in [2.05, 4.69) is 0 Å². The van der Waals surface area contributed by atoms with Crippen LogP contribution in [0.2, 0.25) is 0 Å². The van der Waals surface area contributed by atoms with Gasteiger partial charge in [-0.05, 0) is 0 Å². The smallest absolute Gasteiger partial charge is 0.304 e. The lowest BCUT2D eigenvalue weighted by molar-refractivity contribution is -0.492. The molecular weight excluding hydrogens is 1350 g/mol. The van der Waals surface area contributed by atoms with Crippen molar-refractivity contribution in [3.8, 4) is 0 Å². The first-order valence-electron chi connectivity index (χ1n) is 16.3. The zero-order valence-electron chi connectivity index (χ0n) is 33.4. The Hall–Kier alpha value is -3.54. The molecule has 56 heteroatoms. The van der Waals surface area contributed by atoms with Crippen molar-refractivity contribution in [2.75, 3.05) is 0 Å². The Kier molecular flexibility index (Phi) is 17.9. The minimum Gasteiger partial charge on any atom is -0.304 e. The van der Waals surface area contributed by atoms with Crippen LogP contribution < -0.4 is 0 Å². The van der Waals surface area contributed by atoms with Gasteiger partial charge in [0, 0.05) is 0 Å². The van der Waals surface area contributed by atoms with E-state index in [1.807, 2.05) is 0 Å². The normalized spacial score (nSPS) is 17.4. The summed E-state index contributed by atoms with van der Waals surface area (Å²) in [4.78, 5) is 0. The lowest BCUT2D eigenvalue weighted by atomic mass is 9.84. The van der Waals surface area contributed by atoms with E-state index in [-0.39, 0.29) is 0 Å². The van der Waals surface area contributed by atoms with Gasteiger partial charge in [-0.3, -0.25) is 8.85 Å². The molecule has 0 aliphatic heterocycles. The quantitative estimate of drug-likeness (QED) is 0.0754. The van der Waals surface area contributed by atoms with Gasteiger partial charge in [-0.15, -0.1) is 26.3 Å². The maximum absolute atomic E-state index is 15.0. The molecule has 0 saturated carbocycles. The first-order valence-corrected chi connectivity index (χ1v) is 18.0. The molecule has 0 heterocycles. The summed E-state index contributed by atoms with van der Waals surface area (Å²) in [6.07, 6.45) is -45.6. The SMILES string of the molecule is FC(F)(F)O[Si](OC(F)(F)F)(OC(F)(F)C(F)(F)C(F)(F)C(F)(F)C(F)(F)C(F)(F)C(F)(F)C(F)(F)C(F)(F)C(F)(F)C(F)(F)C(F)(F)C(F)(F)C(F)(F)F)C(F)(F)C(F)(F)C(F)(F)C(F)(F)C(F)(F)C(F)(F)C(F)(F)C(F)(F)F. The largest absolute Gasteiger partial charge is 0.599 e. The number of alkyl halides is 52. The van der Waals surface area contributed by atoms with Crippen LogP contribution in [0, 0.1) is 0 Å². The Morgan fingerprint density at radius 2 is 0.287 bits per heavy atom. The molecule has 0 bridgehead atoms. The average molecular weight is 1350 g/mol. The van der Waals surface area contributed by atoms with Crippen LogP contribution in [0.4, 0.5) is 228 Å². The third-order valence-electron chi connectivity index (χ3n) is 8.93. The fourth-order valence-electron chi connectivity index (χ4n) is 4.48. The van der Waals surface area contributed by atoms with Gasteiger partial charge in [0.15, 0.2) is 0 Å². The minimum atomic E-state index is -12.5. The fraction of sp³-hybridized carbons (Fsp3) is 1.00. The van der Waals surface area contributed by atoms with Crippen molar-refractivity contribution >= 4 is 8.80 Å². The third-order valence-corrected chi connectivity index (χ3v) is 11.5. The van der Waals surface area contributed by atoms with E-state index in [1.165, 1.54) is 0 Å². The van der Waals surface area contributed by atoms with E-state index in [9.17, 15) is 228 Å². The maximum atomic E-state index is 15.0. The van der Waals surface area contributed by atoms with Gasteiger partial charge in [0.25, 0.3) is 0 Å². The van der Waals surface area contributed by atoms with Gasteiger partial charge in [0.05, 0.1) is 0 Å². The van der Waals surface area contributed by atoms with Crippen molar-refractivity contribution < 1.29 is 242 Å². The molecule has 0 aromatic carbocycles. The van der Waals surface area contributed by atoms with Gasteiger partial charge < -0.3 is 4.43 Å². The maximum Gasteiger partial charge on any atom is 0.599 e. The molecule has 0 radical (unpaired) electrons. The Bertz CT molecular complexity index is 2180. The van der Waals surface area contributed by atoms with E-state index in [0.717, 1.165) is 8.85 Å². The molecular formula is C24F52O3Si. The zero-order valence-corrected chi connectivity index (χ0v) is 34.4. The van der Waals surface area contributed by atoms with Crippen LogP contribution in [0.5, 0.6) is 0 Å². The van der Waals surface area contributed by atoms with Crippen molar-refractivity contribution in [1.82, 2.24) is 0 Å². The van der Waals surface area contributed by atoms with Crippen molar-refractivity contribution in [2.24, 2.45) is 0 Å². The summed E-state index contributed by atoms with van der Waals surface area (Å²) in [6.45, 7) is 0. The van der Waals surface area contributed by atoms with Crippen LogP contribution >= 0.6 is 0 Å². The molecule has 0 aromatic rings. The second-order valence-electron chi connectivity index (χ2n) is 14.2. The highest BCUT2D eigenvalue weighted by Crippen LogP contribution is 2.71. The topological polar surface area (TPSA) is 27.7 Å². The van der Waals surface area contributed by atoms with Crippen molar-refractivity contribution in [1.29, 1.82) is 0 Å². The van der Waals surface area contributed by atoms with Gasteiger partial charge >= 0.3 is 152 Å². The van der Waals surface area contributed by atoms with Crippen molar-refractivity contribution in [2.45, 2.75) is 143 Å². The Morgan fingerprint density at radius 1 is 0.150 bits per heavy atom. The minimum absolute atomic E-state index is 0.547. The van der Waals surface area contributed by atoms with E-state index < -0.39 is 152 Å². The molecule has 482 valence electrons. The molecule has 0 atom stereocenters. The fourth-order valence-corrected chi connectivity index (χ4v) is 6.61. The monoisotopic (exact) mass is 1350 g/mol. The van der Waals surface area contributed by atoms with Crippen LogP contribution in [-0.4, -0.2) is 152 Å². The molecule has 0 aromatic heterocycles. The molecule has 0 spiro atoms. The molecule has 3 nitrogen and oxygen atoms in total. The predicted octanol–water partition coefficient (Wildman–Crippen LogP) is 16.3. The molecule has 0 rings (SSSR count). The average Bonchev–Trinajstić information content (AvgIpc) is 3.16. The summed E-state index contributed by atoms with van der Waals surface area (Å²) in [7, 11) is -12.5. The van der Waals surface area contributed by atoms with Gasteiger partial charge in [-0.25, -0.2) is 0 Å². The second kappa shape index (κ2) is 18.7. The molecule has 0 unspecified atom stereocenters. The lowest BCUT2D eigenvalue weighted by Crippen LogP contribution is -2.81. The summed E-state index contributed by atoms with van der Waals surface area (Å²) in [5, 5.41) is 0. The highest BCUT2D eigenvalue weighted by Gasteiger charge is 3.03. The van der Waals surface area contributed by atoms with Crippen LogP contribution in [0.15, 0.2) is 0 Å². The van der Waals surface area contributed by atoms with Crippen LogP contribution in [0.1, 0.15) is 0 Å². The zero-order chi connectivity index (χ0) is 66.6. The Labute approximate surface area is 395 Å². The van der Waals surface area contributed by atoms with Crippen molar-refractivity contribution in [3.05, 3.63) is 0 Å². The molecule has 80 heavy (non-hydrogen) atoms. The number of halogens is 52. The van der Waals surface area contributed by atoms with Gasteiger partial charge in [0.1, 0.15) is 0 Å². The summed E-state index contributed by atoms with van der Waals surface area (Å²) >= 11 is 0. The third kappa shape index (κ3) is 9.71. The molecule has 0 aliphatic carbocycles. The van der Waals surface area contributed by atoms with E-state index in [1.54, 1.807) is 0 Å². The summed E-state index contributed by atoms with van der Waals surface area (Å²) < 4.78 is 713. The lowest BCUT2D eigenvalue weighted by Gasteiger charge is -2.47. The van der Waals surface area contributed by atoms with E-state index in [0.29, 0.717) is 4.43 Å². The van der Waals surface area contributed by atoms with Gasteiger partial charge in [-0.2, -0.15) is 202 Å². The summed E-state index contributed by atoms with van der Waals surface area (Å²) in [6, 6.07) is 0. The highest BCUT2D eigenvalue weighted by atomic mass is 28.4. The predicted molar refractivity (Wildman–Crippen MR) is 132 cm³/mol. The van der Waals surface area contributed by atoms with Crippen LogP contribution in [-0.2, 0) is 13.3 Å². The molecule has 0 aliphatic rings. The number of hydrogen-bond donors (Lipinski definition) is 0. The Balaban J connectivity index is 8.75. The molecule has 0 amide bonds. The standard InChI is InChI=1S/C24F52O3Si/c25-1(26,3(29,30)5(33,34)7(37,38)11(45,46)15(53,54)19(61,62)63)2(27,28)4(31,32)6(35,36)9(41,42)13(49,50)17(57,58)21(67,68)77-80(78-23(71,72)73,79-24(74,75)76)22(69,70)18(59,60)14(51,52)10(43,44)8(39,40)12(47,48)16(55,56)20(64,65)66. The van der Waals surface area contributed by atoms with Crippen LogP contribution in [0.25, 0.3) is 0 Å². The number of hydrogen-bond acceptors (Lipinski definition) is 3. The summed E-state index contributed by atoms with van der Waals surface area (Å²) in [5.74, 6) is -187. The van der Waals surface area contributed by atoms with E-state index >= 15 is 0 Å². The Morgan fingerprint density at radius 3 is 0.438 bits per heavy atom.